The summed E-state index contributed by atoms with van der Waals surface area (Å²) in [6.07, 6.45) is 0.901. The largest absolute Gasteiger partial charge is 0.367 e. The van der Waals surface area contributed by atoms with E-state index >= 15 is 4.39 Å². The first-order valence-electron chi connectivity index (χ1n) is 12.2. The van der Waals surface area contributed by atoms with Crippen LogP contribution < -0.4 is 20.4 Å². The molecular weight excluding hydrogens is 497 g/mol. The van der Waals surface area contributed by atoms with Crippen LogP contribution in [0.1, 0.15) is 13.8 Å². The molecule has 2 aromatic rings. The van der Waals surface area contributed by atoms with E-state index in [9.17, 15) is 18.4 Å². The Bertz CT molecular complexity index is 1210. The van der Waals surface area contributed by atoms with Crippen LogP contribution >= 0.6 is 0 Å². The molecule has 1 unspecified atom stereocenters. The summed E-state index contributed by atoms with van der Waals surface area (Å²) in [6, 6.07) is 6.46. The lowest BCUT2D eigenvalue weighted by atomic mass is 10.0. The molecule has 0 spiro atoms. The molecule has 0 bridgehead atoms. The Labute approximate surface area is 220 Å². The Morgan fingerprint density at radius 2 is 1.97 bits per heavy atom. The fourth-order valence-corrected chi connectivity index (χ4v) is 4.21. The van der Waals surface area contributed by atoms with Crippen molar-refractivity contribution in [1.29, 1.82) is 0 Å². The Kier molecular flexibility index (Phi) is 9.51. The van der Waals surface area contributed by atoms with E-state index in [1.807, 2.05) is 37.9 Å². The van der Waals surface area contributed by atoms with E-state index in [0.717, 1.165) is 18.8 Å². The van der Waals surface area contributed by atoms with Gasteiger partial charge in [-0.1, -0.05) is 6.08 Å². The molecule has 2 amide bonds. The Hall–Kier alpha value is -3.86. The van der Waals surface area contributed by atoms with Gasteiger partial charge in [0.2, 0.25) is 6.41 Å². The first kappa shape index (κ1) is 28.7. The molecule has 1 aromatic heterocycles. The smallest absolute Gasteiger partial charge is 0.264 e. The number of benzene rings is 1. The number of pyridine rings is 1. The summed E-state index contributed by atoms with van der Waals surface area (Å²) in [5.41, 5.74) is 0.413. The van der Waals surface area contributed by atoms with E-state index in [2.05, 4.69) is 20.5 Å². The van der Waals surface area contributed by atoms with Crippen molar-refractivity contribution in [1.82, 2.24) is 15.2 Å². The third-order valence-electron chi connectivity index (χ3n) is 6.55. The third kappa shape index (κ3) is 6.52. The predicted molar refractivity (Wildman–Crippen MR) is 144 cm³/mol. The highest BCUT2D eigenvalue weighted by molar-refractivity contribution is 6.09. The van der Waals surface area contributed by atoms with Crippen molar-refractivity contribution in [2.75, 3.05) is 55.9 Å². The van der Waals surface area contributed by atoms with Crippen molar-refractivity contribution < 1.29 is 22.8 Å². The van der Waals surface area contributed by atoms with E-state index in [1.165, 1.54) is 25.3 Å². The maximum Gasteiger partial charge on any atom is 0.264 e. The summed E-state index contributed by atoms with van der Waals surface area (Å²) in [7, 11) is 5.68. The zero-order chi connectivity index (χ0) is 28.0. The highest BCUT2D eigenvalue weighted by atomic mass is 19.3. The second kappa shape index (κ2) is 12.6. The van der Waals surface area contributed by atoms with Gasteiger partial charge in [-0.2, -0.15) is 0 Å². The van der Waals surface area contributed by atoms with Crippen molar-refractivity contribution in [3.05, 3.63) is 59.7 Å². The monoisotopic (exact) mass is 530 g/mol. The van der Waals surface area contributed by atoms with E-state index in [-0.39, 0.29) is 23.7 Å². The summed E-state index contributed by atoms with van der Waals surface area (Å²) < 4.78 is 42.8. The number of amides is 2. The molecule has 1 atom stereocenters. The lowest BCUT2D eigenvalue weighted by Gasteiger charge is -2.39. The van der Waals surface area contributed by atoms with Crippen LogP contribution in [-0.4, -0.2) is 75.4 Å². The van der Waals surface area contributed by atoms with Crippen molar-refractivity contribution in [3.63, 3.8) is 0 Å². The summed E-state index contributed by atoms with van der Waals surface area (Å²) >= 11 is 0. The standard InChI is InChI=1S/C27H33F3N6O2/c1-6-19(26(29)30)21(14-31-16-37)27(38)33-23-11-20(18-7-8-25(32-13-18)34(3)4)22(28)12-24(23)36-10-9-35(5)17(2)15-36/h6-8,11-14,16-17,26H,9-10,15H2,1-5H3,(H,31,37)(H,33,38)/b19-6+,21-14+. The van der Waals surface area contributed by atoms with Crippen molar-refractivity contribution in [2.45, 2.75) is 26.3 Å². The zero-order valence-electron chi connectivity index (χ0n) is 22.1. The van der Waals surface area contributed by atoms with Gasteiger partial charge in [-0.3, -0.25) is 9.59 Å². The number of likely N-dealkylation sites (N-methyl/N-ethyl adjacent to an activating group) is 1. The number of nitrogens with one attached hydrogen (secondary N) is 2. The van der Waals surface area contributed by atoms with Gasteiger partial charge in [0.25, 0.3) is 12.3 Å². The molecule has 38 heavy (non-hydrogen) atoms. The summed E-state index contributed by atoms with van der Waals surface area (Å²) in [6.45, 7) is 5.29. The van der Waals surface area contributed by atoms with Gasteiger partial charge in [0.05, 0.1) is 16.9 Å². The van der Waals surface area contributed by atoms with E-state index in [0.29, 0.717) is 30.2 Å². The zero-order valence-corrected chi connectivity index (χ0v) is 22.1. The summed E-state index contributed by atoms with van der Waals surface area (Å²) in [5, 5.41) is 4.86. The highest BCUT2D eigenvalue weighted by Crippen LogP contribution is 2.36. The number of hydrogen-bond acceptors (Lipinski definition) is 6. The van der Waals surface area contributed by atoms with Crippen LogP contribution in [-0.2, 0) is 9.59 Å². The SMILES string of the molecule is C/C=C(\C(=C/NC=O)C(=O)Nc1cc(-c2ccc(N(C)C)nc2)c(F)cc1N1CCN(C)C(C)C1)C(F)F. The van der Waals surface area contributed by atoms with Gasteiger partial charge in [-0.25, -0.2) is 18.2 Å². The van der Waals surface area contributed by atoms with Gasteiger partial charge >= 0.3 is 0 Å². The normalized spacial score (nSPS) is 17.0. The Morgan fingerprint density at radius 1 is 1.24 bits per heavy atom. The Balaban J connectivity index is 2.09. The number of halogens is 3. The van der Waals surface area contributed by atoms with Crippen LogP contribution in [0.2, 0.25) is 0 Å². The molecule has 0 aliphatic carbocycles. The van der Waals surface area contributed by atoms with Crippen molar-refractivity contribution >= 4 is 29.5 Å². The van der Waals surface area contributed by atoms with Crippen molar-refractivity contribution in [2.24, 2.45) is 0 Å². The molecular formula is C27H33F3N6O2. The molecule has 0 saturated carbocycles. The maximum atomic E-state index is 15.5. The first-order valence-corrected chi connectivity index (χ1v) is 12.2. The minimum absolute atomic E-state index is 0.165. The topological polar surface area (TPSA) is 80.8 Å². The second-order valence-corrected chi connectivity index (χ2v) is 9.27. The molecule has 2 N–H and O–H groups in total. The number of nitrogens with zero attached hydrogens (tertiary/aromatic N) is 4. The predicted octanol–water partition coefficient (Wildman–Crippen LogP) is 3.87. The number of aromatic nitrogens is 1. The number of anilines is 3. The summed E-state index contributed by atoms with van der Waals surface area (Å²) in [5.74, 6) is -0.687. The number of hydrogen-bond donors (Lipinski definition) is 2. The van der Waals surface area contributed by atoms with Crippen LogP contribution in [0, 0.1) is 5.82 Å². The van der Waals surface area contributed by atoms with Crippen molar-refractivity contribution in [3.8, 4) is 11.1 Å². The fourth-order valence-electron chi connectivity index (χ4n) is 4.21. The maximum absolute atomic E-state index is 15.5. The van der Waals surface area contributed by atoms with E-state index in [4.69, 9.17) is 0 Å². The van der Waals surface area contributed by atoms with E-state index in [1.54, 1.807) is 12.1 Å². The van der Waals surface area contributed by atoms with Gasteiger partial charge < -0.3 is 25.3 Å². The number of rotatable bonds is 9. The Morgan fingerprint density at radius 3 is 2.53 bits per heavy atom. The van der Waals surface area contributed by atoms with Crippen LogP contribution in [0.4, 0.5) is 30.4 Å². The van der Waals surface area contributed by atoms with Gasteiger partial charge in [-0.15, -0.1) is 0 Å². The van der Waals surface area contributed by atoms with Crippen LogP contribution in [0.25, 0.3) is 11.1 Å². The molecule has 1 aliphatic rings. The molecule has 8 nitrogen and oxygen atoms in total. The molecule has 3 rings (SSSR count). The number of carbonyl (C=O) groups is 2. The molecule has 0 radical (unpaired) electrons. The molecule has 204 valence electrons. The number of allylic oxidation sites excluding steroid dienone is 1. The molecule has 11 heteroatoms. The molecule has 1 aliphatic heterocycles. The number of carbonyl (C=O) groups excluding carboxylic acids is 2. The quantitative estimate of drug-likeness (QED) is 0.291. The van der Waals surface area contributed by atoms with Gasteiger partial charge in [-0.05, 0) is 45.2 Å². The average molecular weight is 531 g/mol. The van der Waals surface area contributed by atoms with Gasteiger partial charge in [0.15, 0.2) is 0 Å². The number of piperazine rings is 1. The van der Waals surface area contributed by atoms with Crippen LogP contribution in [0.5, 0.6) is 0 Å². The minimum Gasteiger partial charge on any atom is -0.367 e. The van der Waals surface area contributed by atoms with Gasteiger partial charge in [0, 0.05) is 68.9 Å². The lowest BCUT2D eigenvalue weighted by Crippen LogP contribution is -2.50. The molecule has 2 heterocycles. The number of alkyl halides is 2. The van der Waals surface area contributed by atoms with Gasteiger partial charge in [0.1, 0.15) is 11.6 Å². The average Bonchev–Trinajstić information content (AvgIpc) is 2.88. The molecule has 1 aromatic carbocycles. The highest BCUT2D eigenvalue weighted by Gasteiger charge is 2.27. The van der Waals surface area contributed by atoms with Crippen LogP contribution in [0.15, 0.2) is 53.9 Å². The first-order chi connectivity index (χ1) is 18.1. The summed E-state index contributed by atoms with van der Waals surface area (Å²) in [4.78, 5) is 34.4. The third-order valence-corrected chi connectivity index (χ3v) is 6.55. The molecule has 1 fully saturated rings. The molecule has 1 saturated heterocycles. The minimum atomic E-state index is -2.95. The van der Waals surface area contributed by atoms with E-state index < -0.39 is 29.3 Å². The lowest BCUT2D eigenvalue weighted by molar-refractivity contribution is -0.112. The second-order valence-electron chi connectivity index (χ2n) is 9.27. The van der Waals surface area contributed by atoms with Crippen LogP contribution in [0.3, 0.4) is 0 Å². The fraction of sp³-hybridized carbons (Fsp3) is 0.370.